The van der Waals surface area contributed by atoms with Gasteiger partial charge in [0.15, 0.2) is 0 Å². The highest BCUT2D eigenvalue weighted by Crippen LogP contribution is 2.09. The van der Waals surface area contributed by atoms with Crippen molar-refractivity contribution in [2.24, 2.45) is 5.92 Å². The topological polar surface area (TPSA) is 16.1 Å². The molecule has 3 heteroatoms. The van der Waals surface area contributed by atoms with Crippen molar-refractivity contribution in [1.29, 1.82) is 0 Å². The quantitative estimate of drug-likeness (QED) is 0.714. The summed E-state index contributed by atoms with van der Waals surface area (Å²) in [5, 5.41) is 0.570. The molecule has 0 spiro atoms. The minimum atomic E-state index is 0.570. The zero-order chi connectivity index (χ0) is 10.6. The van der Waals surface area contributed by atoms with E-state index >= 15 is 0 Å². The molecule has 0 saturated heterocycles. The van der Waals surface area contributed by atoms with Crippen LogP contribution in [0.4, 0.5) is 0 Å². The third kappa shape index (κ3) is 4.07. The van der Waals surface area contributed by atoms with Crippen LogP contribution in [0.15, 0.2) is 18.3 Å². The van der Waals surface area contributed by atoms with Crippen LogP contribution in [0.1, 0.15) is 19.4 Å². The molecule has 0 unspecified atom stereocenters. The van der Waals surface area contributed by atoms with Crippen LogP contribution in [-0.4, -0.2) is 23.5 Å². The summed E-state index contributed by atoms with van der Waals surface area (Å²) < 4.78 is 0. The highest BCUT2D eigenvalue weighted by Gasteiger charge is 2.03. The molecule has 0 atom stereocenters. The van der Waals surface area contributed by atoms with Crippen LogP contribution in [0.2, 0.25) is 5.15 Å². The maximum atomic E-state index is 5.80. The Labute approximate surface area is 90.9 Å². The zero-order valence-electron chi connectivity index (χ0n) is 9.00. The molecule has 14 heavy (non-hydrogen) atoms. The first-order chi connectivity index (χ1) is 6.58. The third-order valence-corrected chi connectivity index (χ3v) is 2.13. The molecule has 1 aromatic heterocycles. The van der Waals surface area contributed by atoms with E-state index < -0.39 is 0 Å². The van der Waals surface area contributed by atoms with E-state index in [0.29, 0.717) is 11.1 Å². The van der Waals surface area contributed by atoms with Gasteiger partial charge < -0.3 is 4.90 Å². The zero-order valence-corrected chi connectivity index (χ0v) is 9.75. The monoisotopic (exact) mass is 212 g/mol. The summed E-state index contributed by atoms with van der Waals surface area (Å²) >= 11 is 5.80. The summed E-state index contributed by atoms with van der Waals surface area (Å²) in [4.78, 5) is 6.24. The van der Waals surface area contributed by atoms with Crippen molar-refractivity contribution in [3.05, 3.63) is 29.0 Å². The average molecular weight is 213 g/mol. The number of aromatic nitrogens is 1. The first-order valence-corrected chi connectivity index (χ1v) is 5.24. The predicted octanol–water partition coefficient (Wildman–Crippen LogP) is 2.82. The fraction of sp³-hybridized carbons (Fsp3) is 0.545. The van der Waals surface area contributed by atoms with Gasteiger partial charge in [-0.15, -0.1) is 0 Å². The van der Waals surface area contributed by atoms with Gasteiger partial charge in [-0.3, -0.25) is 0 Å². The van der Waals surface area contributed by atoms with E-state index in [1.165, 1.54) is 5.56 Å². The molecular weight excluding hydrogens is 196 g/mol. The average Bonchev–Trinajstić information content (AvgIpc) is 2.01. The maximum Gasteiger partial charge on any atom is 0.129 e. The molecule has 1 aromatic rings. The van der Waals surface area contributed by atoms with Crippen molar-refractivity contribution in [1.82, 2.24) is 9.88 Å². The standard InChI is InChI=1S/C11H17ClN2/c1-9(2)7-14(3)8-10-4-5-13-11(12)6-10/h4-6,9H,7-8H2,1-3H3. The molecule has 0 amide bonds. The van der Waals surface area contributed by atoms with E-state index in [-0.39, 0.29) is 0 Å². The molecule has 78 valence electrons. The van der Waals surface area contributed by atoms with Crippen molar-refractivity contribution >= 4 is 11.6 Å². The molecule has 0 bridgehead atoms. The molecule has 1 rings (SSSR count). The Balaban J connectivity index is 2.51. The molecule has 0 fully saturated rings. The largest absolute Gasteiger partial charge is 0.302 e. The summed E-state index contributed by atoms with van der Waals surface area (Å²) in [5.41, 5.74) is 1.22. The van der Waals surface area contributed by atoms with Gasteiger partial charge in [0.05, 0.1) is 0 Å². The number of hydrogen-bond acceptors (Lipinski definition) is 2. The van der Waals surface area contributed by atoms with Crippen LogP contribution >= 0.6 is 11.6 Å². The lowest BCUT2D eigenvalue weighted by molar-refractivity contribution is 0.288. The maximum absolute atomic E-state index is 5.80. The number of nitrogens with zero attached hydrogens (tertiary/aromatic N) is 2. The lowest BCUT2D eigenvalue weighted by Crippen LogP contribution is -2.22. The minimum Gasteiger partial charge on any atom is -0.302 e. The van der Waals surface area contributed by atoms with E-state index in [0.717, 1.165) is 13.1 Å². The summed E-state index contributed by atoms with van der Waals surface area (Å²) in [6.45, 7) is 6.46. The molecule has 1 heterocycles. The molecule has 0 aliphatic carbocycles. The molecule has 0 N–H and O–H groups in total. The summed E-state index contributed by atoms with van der Waals surface area (Å²) in [7, 11) is 2.12. The summed E-state index contributed by atoms with van der Waals surface area (Å²) in [6.07, 6.45) is 1.75. The normalized spacial score (nSPS) is 11.3. The van der Waals surface area contributed by atoms with E-state index in [1.54, 1.807) is 6.20 Å². The lowest BCUT2D eigenvalue weighted by Gasteiger charge is -2.18. The Bertz CT molecular complexity index is 286. The van der Waals surface area contributed by atoms with Gasteiger partial charge in [-0.05, 0) is 30.7 Å². The first-order valence-electron chi connectivity index (χ1n) is 4.87. The van der Waals surface area contributed by atoms with Crippen molar-refractivity contribution in [3.63, 3.8) is 0 Å². The van der Waals surface area contributed by atoms with Gasteiger partial charge in [0.2, 0.25) is 0 Å². The molecule has 0 saturated carbocycles. The Hall–Kier alpha value is -0.600. The van der Waals surface area contributed by atoms with Crippen molar-refractivity contribution in [2.75, 3.05) is 13.6 Å². The van der Waals surface area contributed by atoms with Gasteiger partial charge in [-0.25, -0.2) is 4.98 Å². The Kier molecular flexibility index (Phi) is 4.36. The number of halogens is 1. The predicted molar refractivity (Wildman–Crippen MR) is 60.4 cm³/mol. The number of pyridine rings is 1. The van der Waals surface area contributed by atoms with Gasteiger partial charge in [-0.2, -0.15) is 0 Å². The second-order valence-corrected chi connectivity index (χ2v) is 4.46. The van der Waals surface area contributed by atoms with Crippen LogP contribution in [-0.2, 0) is 6.54 Å². The minimum absolute atomic E-state index is 0.570. The molecule has 0 aromatic carbocycles. The second-order valence-electron chi connectivity index (χ2n) is 4.08. The van der Waals surface area contributed by atoms with Crippen LogP contribution < -0.4 is 0 Å². The van der Waals surface area contributed by atoms with E-state index in [1.807, 2.05) is 12.1 Å². The smallest absolute Gasteiger partial charge is 0.129 e. The van der Waals surface area contributed by atoms with Crippen molar-refractivity contribution in [2.45, 2.75) is 20.4 Å². The van der Waals surface area contributed by atoms with Crippen molar-refractivity contribution < 1.29 is 0 Å². The van der Waals surface area contributed by atoms with Crippen LogP contribution in [0.25, 0.3) is 0 Å². The Morgan fingerprint density at radius 2 is 2.21 bits per heavy atom. The van der Waals surface area contributed by atoms with Gasteiger partial charge in [0.25, 0.3) is 0 Å². The summed E-state index contributed by atoms with van der Waals surface area (Å²) in [5.74, 6) is 0.692. The van der Waals surface area contributed by atoms with E-state index in [2.05, 4.69) is 30.8 Å². The van der Waals surface area contributed by atoms with Crippen LogP contribution in [0, 0.1) is 5.92 Å². The van der Waals surface area contributed by atoms with Crippen molar-refractivity contribution in [3.8, 4) is 0 Å². The highest BCUT2D eigenvalue weighted by atomic mass is 35.5. The van der Waals surface area contributed by atoms with Gasteiger partial charge in [-0.1, -0.05) is 25.4 Å². The van der Waals surface area contributed by atoms with Gasteiger partial charge >= 0.3 is 0 Å². The fourth-order valence-corrected chi connectivity index (χ4v) is 1.74. The number of hydrogen-bond donors (Lipinski definition) is 0. The molecule has 0 aliphatic heterocycles. The SMILES string of the molecule is CC(C)CN(C)Cc1ccnc(Cl)c1. The van der Waals surface area contributed by atoms with Crippen LogP contribution in [0.5, 0.6) is 0 Å². The summed E-state index contributed by atoms with van der Waals surface area (Å²) in [6, 6.07) is 3.92. The van der Waals surface area contributed by atoms with Gasteiger partial charge in [0.1, 0.15) is 5.15 Å². The molecule has 0 radical (unpaired) electrons. The Morgan fingerprint density at radius 3 is 2.79 bits per heavy atom. The Morgan fingerprint density at radius 1 is 1.50 bits per heavy atom. The highest BCUT2D eigenvalue weighted by molar-refractivity contribution is 6.29. The first kappa shape index (κ1) is 11.5. The van der Waals surface area contributed by atoms with E-state index in [4.69, 9.17) is 11.6 Å². The molecule has 2 nitrogen and oxygen atoms in total. The fourth-order valence-electron chi connectivity index (χ4n) is 1.54. The molecular formula is C11H17ClN2. The third-order valence-electron chi connectivity index (χ3n) is 1.92. The van der Waals surface area contributed by atoms with E-state index in [9.17, 15) is 0 Å². The second kappa shape index (κ2) is 5.32. The molecule has 0 aliphatic rings. The lowest BCUT2D eigenvalue weighted by atomic mass is 10.2. The van der Waals surface area contributed by atoms with Crippen LogP contribution in [0.3, 0.4) is 0 Å². The number of rotatable bonds is 4. The van der Waals surface area contributed by atoms with Gasteiger partial charge in [0, 0.05) is 19.3 Å².